The summed E-state index contributed by atoms with van der Waals surface area (Å²) in [7, 11) is 1.35. The number of aromatic carboxylic acids is 1. The normalized spacial score (nSPS) is 10.1. The third kappa shape index (κ3) is 4.10. The molecular weight excluding hydrogens is 288 g/mol. The van der Waals surface area contributed by atoms with E-state index in [-0.39, 0.29) is 11.5 Å². The molecule has 1 N–H and O–H groups in total. The summed E-state index contributed by atoms with van der Waals surface area (Å²) in [6.45, 7) is 0. The molecule has 0 amide bonds. The number of carbonyl (C=O) groups excluding carboxylic acids is 1. The number of methoxy groups -OCH3 is 1. The van der Waals surface area contributed by atoms with Crippen LogP contribution in [0.4, 0.5) is 0 Å². The van der Waals surface area contributed by atoms with Crippen molar-refractivity contribution in [3.63, 3.8) is 0 Å². The van der Waals surface area contributed by atoms with Gasteiger partial charge in [0.25, 0.3) is 0 Å². The number of carbonyl (C=O) groups is 2. The molecule has 108 valence electrons. The van der Waals surface area contributed by atoms with E-state index in [2.05, 4.69) is 4.74 Å². The predicted molar refractivity (Wildman–Crippen MR) is 80.7 cm³/mol. The average Bonchev–Trinajstić information content (AvgIpc) is 2.53. The first-order chi connectivity index (χ1) is 10.1. The molecule has 0 aliphatic carbocycles. The quantitative estimate of drug-likeness (QED) is 0.677. The molecule has 0 heterocycles. The molecule has 0 radical (unpaired) electrons. The van der Waals surface area contributed by atoms with E-state index in [9.17, 15) is 9.59 Å². The van der Waals surface area contributed by atoms with Crippen molar-refractivity contribution in [3.05, 3.63) is 65.2 Å². The van der Waals surface area contributed by atoms with Gasteiger partial charge in [0.1, 0.15) is 0 Å². The third-order valence-electron chi connectivity index (χ3n) is 2.86. The first-order valence-electron chi connectivity index (χ1n) is 6.23. The first kappa shape index (κ1) is 15.1. The van der Waals surface area contributed by atoms with E-state index in [0.717, 1.165) is 10.5 Å². The van der Waals surface area contributed by atoms with Crippen LogP contribution >= 0.6 is 11.8 Å². The molecule has 0 aromatic heterocycles. The first-order valence-corrected chi connectivity index (χ1v) is 7.22. The lowest BCUT2D eigenvalue weighted by molar-refractivity contribution is 0.0599. The van der Waals surface area contributed by atoms with E-state index in [4.69, 9.17) is 5.11 Å². The van der Waals surface area contributed by atoms with Crippen molar-refractivity contribution in [2.75, 3.05) is 7.11 Å². The summed E-state index contributed by atoms with van der Waals surface area (Å²) in [5, 5.41) is 8.95. The molecule has 0 atom stereocenters. The SMILES string of the molecule is COC(=O)c1ccc(CSc2cccc(C(=O)O)c2)cc1. The van der Waals surface area contributed by atoms with Gasteiger partial charge in [-0.05, 0) is 35.9 Å². The fraction of sp³-hybridized carbons (Fsp3) is 0.125. The summed E-state index contributed by atoms with van der Waals surface area (Å²) in [5.74, 6) is -0.590. The van der Waals surface area contributed by atoms with Gasteiger partial charge >= 0.3 is 11.9 Å². The van der Waals surface area contributed by atoms with Crippen LogP contribution in [0.1, 0.15) is 26.3 Å². The van der Waals surface area contributed by atoms with Crippen LogP contribution in [0.5, 0.6) is 0 Å². The molecule has 0 aliphatic rings. The highest BCUT2D eigenvalue weighted by molar-refractivity contribution is 7.98. The maximum absolute atomic E-state index is 11.3. The largest absolute Gasteiger partial charge is 0.478 e. The van der Waals surface area contributed by atoms with Crippen molar-refractivity contribution < 1.29 is 19.4 Å². The van der Waals surface area contributed by atoms with E-state index >= 15 is 0 Å². The summed E-state index contributed by atoms with van der Waals surface area (Å²) in [6.07, 6.45) is 0. The van der Waals surface area contributed by atoms with Crippen LogP contribution in [0.25, 0.3) is 0 Å². The minimum Gasteiger partial charge on any atom is -0.478 e. The summed E-state index contributed by atoms with van der Waals surface area (Å²) >= 11 is 1.55. The number of carboxylic acids is 1. The van der Waals surface area contributed by atoms with Gasteiger partial charge in [-0.25, -0.2) is 9.59 Å². The van der Waals surface area contributed by atoms with Gasteiger partial charge in [-0.1, -0.05) is 18.2 Å². The van der Waals surface area contributed by atoms with Gasteiger partial charge in [0.15, 0.2) is 0 Å². The van der Waals surface area contributed by atoms with E-state index in [1.807, 2.05) is 18.2 Å². The molecule has 2 aromatic carbocycles. The van der Waals surface area contributed by atoms with E-state index in [0.29, 0.717) is 11.3 Å². The number of thioether (sulfide) groups is 1. The molecular formula is C16H14O4S. The van der Waals surface area contributed by atoms with Crippen LogP contribution in [0.15, 0.2) is 53.4 Å². The molecule has 5 heteroatoms. The molecule has 4 nitrogen and oxygen atoms in total. The lowest BCUT2D eigenvalue weighted by Gasteiger charge is -2.04. The lowest BCUT2D eigenvalue weighted by atomic mass is 10.1. The maximum atomic E-state index is 11.3. The fourth-order valence-electron chi connectivity index (χ4n) is 1.74. The number of ether oxygens (including phenoxy) is 1. The Labute approximate surface area is 126 Å². The van der Waals surface area contributed by atoms with Crippen LogP contribution < -0.4 is 0 Å². The molecule has 0 fully saturated rings. The third-order valence-corrected chi connectivity index (χ3v) is 3.93. The zero-order valence-electron chi connectivity index (χ0n) is 11.4. The van der Waals surface area contributed by atoms with Crippen molar-refractivity contribution in [1.82, 2.24) is 0 Å². The Hall–Kier alpha value is -2.27. The van der Waals surface area contributed by atoms with Gasteiger partial charge in [-0.15, -0.1) is 11.8 Å². The van der Waals surface area contributed by atoms with Gasteiger partial charge in [-0.3, -0.25) is 0 Å². The Morgan fingerprint density at radius 3 is 2.43 bits per heavy atom. The number of rotatable bonds is 5. The second kappa shape index (κ2) is 6.95. The van der Waals surface area contributed by atoms with Crippen LogP contribution in [0.2, 0.25) is 0 Å². The molecule has 21 heavy (non-hydrogen) atoms. The topological polar surface area (TPSA) is 63.6 Å². The average molecular weight is 302 g/mol. The molecule has 2 aromatic rings. The molecule has 0 aliphatic heterocycles. The van der Waals surface area contributed by atoms with Crippen LogP contribution in [-0.4, -0.2) is 24.2 Å². The zero-order valence-corrected chi connectivity index (χ0v) is 12.2. The van der Waals surface area contributed by atoms with Crippen molar-refractivity contribution in [2.24, 2.45) is 0 Å². The molecule has 0 bridgehead atoms. The van der Waals surface area contributed by atoms with Crippen molar-refractivity contribution in [2.45, 2.75) is 10.6 Å². The summed E-state index contributed by atoms with van der Waals surface area (Å²) in [5.41, 5.74) is 1.84. The van der Waals surface area contributed by atoms with Crippen molar-refractivity contribution >= 4 is 23.7 Å². The van der Waals surface area contributed by atoms with Gasteiger partial charge in [-0.2, -0.15) is 0 Å². The minimum absolute atomic E-state index is 0.279. The highest BCUT2D eigenvalue weighted by Gasteiger charge is 2.06. The highest BCUT2D eigenvalue weighted by Crippen LogP contribution is 2.24. The number of hydrogen-bond acceptors (Lipinski definition) is 4. The second-order valence-electron chi connectivity index (χ2n) is 4.31. The summed E-state index contributed by atoms with van der Waals surface area (Å²) in [4.78, 5) is 23.1. The number of carboxylic acid groups (broad SMARTS) is 1. The Kier molecular flexibility index (Phi) is 5.00. The predicted octanol–water partition coefficient (Wildman–Crippen LogP) is 3.46. The molecule has 0 unspecified atom stereocenters. The standard InChI is InChI=1S/C16H14O4S/c1-20-16(19)12-7-5-11(6-8-12)10-21-14-4-2-3-13(9-14)15(17)18/h2-9H,10H2,1H3,(H,17,18). The van der Waals surface area contributed by atoms with E-state index in [1.165, 1.54) is 7.11 Å². The number of hydrogen-bond donors (Lipinski definition) is 1. The second-order valence-corrected chi connectivity index (χ2v) is 5.36. The van der Waals surface area contributed by atoms with E-state index < -0.39 is 5.97 Å². The van der Waals surface area contributed by atoms with Crippen LogP contribution in [0, 0.1) is 0 Å². The minimum atomic E-state index is -0.931. The van der Waals surface area contributed by atoms with Gasteiger partial charge in [0.05, 0.1) is 18.2 Å². The Bertz CT molecular complexity index is 650. The highest BCUT2D eigenvalue weighted by atomic mass is 32.2. The molecule has 0 saturated carbocycles. The maximum Gasteiger partial charge on any atom is 0.337 e. The Morgan fingerprint density at radius 1 is 1.10 bits per heavy atom. The summed E-state index contributed by atoms with van der Waals surface area (Å²) < 4.78 is 4.64. The summed E-state index contributed by atoms with van der Waals surface area (Å²) in [6, 6.07) is 14.0. The van der Waals surface area contributed by atoms with Gasteiger partial charge in [0.2, 0.25) is 0 Å². The fourth-order valence-corrected chi connectivity index (χ4v) is 2.65. The molecule has 0 spiro atoms. The van der Waals surface area contributed by atoms with Crippen LogP contribution in [-0.2, 0) is 10.5 Å². The Balaban J connectivity index is 2.01. The van der Waals surface area contributed by atoms with Crippen molar-refractivity contribution in [3.8, 4) is 0 Å². The number of esters is 1. The van der Waals surface area contributed by atoms with Crippen LogP contribution in [0.3, 0.4) is 0 Å². The van der Waals surface area contributed by atoms with Gasteiger partial charge in [0, 0.05) is 10.6 Å². The van der Waals surface area contributed by atoms with E-state index in [1.54, 1.807) is 42.1 Å². The molecule has 0 saturated heterocycles. The smallest absolute Gasteiger partial charge is 0.337 e. The van der Waals surface area contributed by atoms with Crippen molar-refractivity contribution in [1.29, 1.82) is 0 Å². The lowest BCUT2D eigenvalue weighted by Crippen LogP contribution is -2.00. The van der Waals surface area contributed by atoms with Gasteiger partial charge < -0.3 is 9.84 Å². The molecule has 2 rings (SSSR count). The number of benzene rings is 2. The Morgan fingerprint density at radius 2 is 1.81 bits per heavy atom. The monoisotopic (exact) mass is 302 g/mol. The zero-order chi connectivity index (χ0) is 15.2.